The van der Waals surface area contributed by atoms with Crippen LogP contribution in [0.25, 0.3) is 0 Å². The second-order valence-electron chi connectivity index (χ2n) is 9.17. The molecule has 0 unspecified atom stereocenters. The van der Waals surface area contributed by atoms with Gasteiger partial charge in [-0.3, -0.25) is 0 Å². The fourth-order valence-corrected chi connectivity index (χ4v) is 9.05. The number of ether oxygens (including phenoxy) is 4. The van der Waals surface area contributed by atoms with Gasteiger partial charge in [0.1, 0.15) is 5.75 Å². The first kappa shape index (κ1) is 27.6. The highest BCUT2D eigenvalue weighted by Gasteiger charge is 2.49. The maximum Gasteiger partial charge on any atom is 0.163 e. The average molecular weight is 614 g/mol. The number of hydrogen-bond donors (Lipinski definition) is 1. The quantitative estimate of drug-likeness (QED) is 0.355. The van der Waals surface area contributed by atoms with Crippen LogP contribution in [0.1, 0.15) is 12.0 Å². The van der Waals surface area contributed by atoms with Crippen LogP contribution in [0, 0.1) is 5.92 Å². The summed E-state index contributed by atoms with van der Waals surface area (Å²) in [4.78, 5) is 0. The van der Waals surface area contributed by atoms with Gasteiger partial charge in [-0.1, -0.05) is 60.7 Å². The lowest BCUT2D eigenvalue weighted by Crippen LogP contribution is -2.57. The number of aliphatic hydroxyl groups is 1. The highest BCUT2D eigenvalue weighted by atomic mass is 79.9. The van der Waals surface area contributed by atoms with Gasteiger partial charge in [0, 0.05) is 13.0 Å². The molecule has 1 aliphatic heterocycles. The summed E-state index contributed by atoms with van der Waals surface area (Å²) in [6, 6.07) is 18.4. The first-order valence-corrected chi connectivity index (χ1v) is 16.1. The highest BCUT2D eigenvalue weighted by molar-refractivity contribution is 9.28. The van der Waals surface area contributed by atoms with E-state index >= 15 is 0 Å². The predicted octanol–water partition coefficient (Wildman–Crippen LogP) is 5.57. The molecule has 0 amide bonds. The number of aliphatic hydroxyl groups excluding tert-OH is 1. The average Bonchev–Trinajstić information content (AvgIpc) is 2.84. The summed E-state index contributed by atoms with van der Waals surface area (Å²) in [5, 5.41) is 12.7. The molecule has 0 aliphatic carbocycles. The normalized spacial score (nSPS) is 23.9. The molecule has 5 nitrogen and oxygen atoms in total. The summed E-state index contributed by atoms with van der Waals surface area (Å²) < 4.78 is 24.1. The topological polar surface area (TPSA) is 57.2 Å². The smallest absolute Gasteiger partial charge is 0.163 e. The van der Waals surface area contributed by atoms with E-state index in [0.29, 0.717) is 6.61 Å². The number of rotatable bonds is 10. The van der Waals surface area contributed by atoms with E-state index in [-0.39, 0.29) is 24.2 Å². The van der Waals surface area contributed by atoms with Crippen molar-refractivity contribution in [2.45, 2.75) is 50.2 Å². The van der Waals surface area contributed by atoms with Crippen LogP contribution in [-0.2, 0) is 20.8 Å². The van der Waals surface area contributed by atoms with Crippen LogP contribution in [0.15, 0.2) is 64.1 Å². The molecular weight excluding hydrogens is 580 g/mol. The molecule has 34 heavy (non-hydrogen) atoms. The third kappa shape index (κ3) is 7.03. The minimum atomic E-state index is -2.02. The van der Waals surface area contributed by atoms with Crippen molar-refractivity contribution in [3.8, 4) is 5.75 Å². The van der Waals surface area contributed by atoms with Crippen molar-refractivity contribution in [1.29, 1.82) is 0 Å². The SMILES string of the molecule is COc1ccc(COC[C@@H](O)[C@@H]2[C@@H](OC)O[C@H](C=C(Br)Br)C[C@H]2[Si](C)(C)c2ccccc2)cc1. The van der Waals surface area contributed by atoms with E-state index in [2.05, 4.69) is 69.2 Å². The Hall–Kier alpha value is -1.00. The van der Waals surface area contributed by atoms with Crippen molar-refractivity contribution in [2.75, 3.05) is 20.8 Å². The lowest BCUT2D eigenvalue weighted by Gasteiger charge is -2.48. The molecule has 0 radical (unpaired) electrons. The Bertz CT molecular complexity index is 919. The zero-order valence-corrected chi connectivity index (χ0v) is 24.3. The van der Waals surface area contributed by atoms with Crippen molar-refractivity contribution in [3.05, 3.63) is 69.6 Å². The second kappa shape index (κ2) is 12.8. The Morgan fingerprint density at radius 3 is 2.38 bits per heavy atom. The summed E-state index contributed by atoms with van der Waals surface area (Å²) in [7, 11) is 1.27. The fourth-order valence-electron chi connectivity index (χ4n) is 4.81. The molecule has 1 N–H and O–H groups in total. The lowest BCUT2D eigenvalue weighted by molar-refractivity contribution is -0.221. The van der Waals surface area contributed by atoms with Crippen LogP contribution in [0.2, 0.25) is 18.6 Å². The molecule has 0 spiro atoms. The standard InChI is InChI=1S/C26H34Br2O5Si/c1-30-19-12-10-18(11-13-19)16-32-17-22(29)25-23(34(3,4)21-8-6-5-7-9-21)14-20(15-24(27)28)33-26(25)31-2/h5-13,15,20,22-23,25-26,29H,14,16-17H2,1-4H3/t20-,22+,23+,25-,26-/m0/s1. The molecule has 1 aliphatic rings. The lowest BCUT2D eigenvalue weighted by atomic mass is 9.91. The molecule has 2 aromatic rings. The van der Waals surface area contributed by atoms with Crippen molar-refractivity contribution in [3.63, 3.8) is 0 Å². The summed E-state index contributed by atoms with van der Waals surface area (Å²) >= 11 is 6.94. The largest absolute Gasteiger partial charge is 0.497 e. The second-order valence-corrected chi connectivity index (χ2v) is 16.7. The molecule has 2 aromatic carbocycles. The molecule has 186 valence electrons. The summed E-state index contributed by atoms with van der Waals surface area (Å²) in [5.41, 5.74) is 1.24. The Kier molecular flexibility index (Phi) is 10.4. The number of halogens is 2. The minimum Gasteiger partial charge on any atom is -0.497 e. The molecule has 1 fully saturated rings. The van der Waals surface area contributed by atoms with Gasteiger partial charge in [-0.25, -0.2) is 0 Å². The van der Waals surface area contributed by atoms with Crippen molar-refractivity contribution in [1.82, 2.24) is 0 Å². The van der Waals surface area contributed by atoms with Gasteiger partial charge in [-0.05, 0) is 67.6 Å². The van der Waals surface area contributed by atoms with Gasteiger partial charge >= 0.3 is 0 Å². The van der Waals surface area contributed by atoms with E-state index < -0.39 is 20.5 Å². The predicted molar refractivity (Wildman–Crippen MR) is 146 cm³/mol. The molecule has 8 heteroatoms. The van der Waals surface area contributed by atoms with Gasteiger partial charge in [0.05, 0.1) is 44.0 Å². The maximum absolute atomic E-state index is 11.4. The van der Waals surface area contributed by atoms with E-state index in [1.54, 1.807) is 14.2 Å². The van der Waals surface area contributed by atoms with Gasteiger partial charge in [0.25, 0.3) is 0 Å². The van der Waals surface area contributed by atoms with Crippen molar-refractivity contribution in [2.24, 2.45) is 5.92 Å². The van der Waals surface area contributed by atoms with Gasteiger partial charge in [0.2, 0.25) is 0 Å². The minimum absolute atomic E-state index is 0.122. The molecule has 0 saturated carbocycles. The van der Waals surface area contributed by atoms with Gasteiger partial charge < -0.3 is 24.1 Å². The number of methoxy groups -OCH3 is 2. The van der Waals surface area contributed by atoms with Crippen LogP contribution in [0.5, 0.6) is 5.75 Å². The molecule has 5 atom stereocenters. The van der Waals surface area contributed by atoms with Crippen LogP contribution in [0.3, 0.4) is 0 Å². The summed E-state index contributed by atoms with van der Waals surface area (Å²) in [5.74, 6) is 0.599. The Morgan fingerprint density at radius 1 is 1.12 bits per heavy atom. The van der Waals surface area contributed by atoms with Crippen LogP contribution < -0.4 is 9.92 Å². The summed E-state index contributed by atoms with van der Waals surface area (Å²) in [6.07, 6.45) is 1.44. The molecule has 1 heterocycles. The third-order valence-electron chi connectivity index (χ3n) is 6.72. The molecular formula is C26H34Br2O5Si. The fraction of sp³-hybridized carbons (Fsp3) is 0.462. The van der Waals surface area contributed by atoms with Gasteiger partial charge in [-0.15, -0.1) is 0 Å². The van der Waals surface area contributed by atoms with E-state index in [4.69, 9.17) is 18.9 Å². The van der Waals surface area contributed by atoms with E-state index in [1.165, 1.54) is 5.19 Å². The van der Waals surface area contributed by atoms with E-state index in [9.17, 15) is 5.11 Å². The van der Waals surface area contributed by atoms with Crippen molar-refractivity contribution < 1.29 is 24.1 Å². The van der Waals surface area contributed by atoms with Gasteiger partial charge in [0.15, 0.2) is 6.29 Å². The monoisotopic (exact) mass is 612 g/mol. The molecule has 1 saturated heterocycles. The zero-order chi connectivity index (χ0) is 24.7. The number of benzene rings is 2. The maximum atomic E-state index is 11.4. The molecule has 0 bridgehead atoms. The Labute approximate surface area is 220 Å². The Balaban J connectivity index is 1.80. The van der Waals surface area contributed by atoms with Crippen molar-refractivity contribution >= 4 is 45.1 Å². The van der Waals surface area contributed by atoms with E-state index in [0.717, 1.165) is 21.1 Å². The highest BCUT2D eigenvalue weighted by Crippen LogP contribution is 2.45. The van der Waals surface area contributed by atoms with E-state index in [1.807, 2.05) is 36.4 Å². The number of hydrogen-bond acceptors (Lipinski definition) is 5. The van der Waals surface area contributed by atoms with Crippen LogP contribution in [0.4, 0.5) is 0 Å². The van der Waals surface area contributed by atoms with Gasteiger partial charge in [-0.2, -0.15) is 0 Å². The molecule has 0 aromatic heterocycles. The first-order chi connectivity index (χ1) is 16.3. The Morgan fingerprint density at radius 2 is 1.79 bits per heavy atom. The molecule has 3 rings (SSSR count). The third-order valence-corrected chi connectivity index (χ3v) is 11.5. The van der Waals surface area contributed by atoms with Crippen LogP contribution >= 0.6 is 31.9 Å². The first-order valence-electron chi connectivity index (χ1n) is 11.4. The zero-order valence-electron chi connectivity index (χ0n) is 20.1. The van der Waals surface area contributed by atoms with Crippen LogP contribution in [-0.4, -0.2) is 52.5 Å². The summed E-state index contributed by atoms with van der Waals surface area (Å²) in [6.45, 7) is 5.36.